The van der Waals surface area contributed by atoms with Crippen molar-refractivity contribution in [2.45, 2.75) is 61.8 Å². The average Bonchev–Trinajstić information content (AvgIpc) is 3.50. The van der Waals surface area contributed by atoms with E-state index in [1.165, 1.54) is 0 Å². The normalized spacial score (nSPS) is 27.3. The second kappa shape index (κ2) is 10.7. The standard InChI is InChI=1S/C31H32F3N3O6S/c1-44(42,43)25(32)15-18(14-17-12-13-35-27(17)38)36-28(39)26-24-11-10-19(16-30(24,33)34)37(26)29(40)31(41)22-8-4-2-6-20(22)21-7-3-5-9-23(21)31/h2-9,15,17-19,24,26,41H,10-14,16H2,1H3,(H,35,38)(H,36,39)/b25-15-/t17-,18+,19+,24+,26+/m0/s1. The molecule has 3 heterocycles. The largest absolute Gasteiger partial charge is 0.372 e. The first kappa shape index (κ1) is 30.3. The number of hydrogen-bond donors (Lipinski definition) is 3. The number of carbonyl (C=O) groups excluding carboxylic acids is 3. The molecule has 7 rings (SSSR count). The van der Waals surface area contributed by atoms with Crippen molar-refractivity contribution in [3.63, 3.8) is 0 Å². The van der Waals surface area contributed by atoms with Gasteiger partial charge in [0, 0.05) is 42.3 Å². The van der Waals surface area contributed by atoms with E-state index in [1.807, 2.05) is 0 Å². The molecule has 3 amide bonds. The van der Waals surface area contributed by atoms with E-state index in [-0.39, 0.29) is 36.3 Å². The number of hydrogen-bond acceptors (Lipinski definition) is 6. The molecule has 0 unspecified atom stereocenters. The topological polar surface area (TPSA) is 133 Å². The third kappa shape index (κ3) is 4.90. The summed E-state index contributed by atoms with van der Waals surface area (Å²) in [6.07, 6.45) is 0.872. The highest BCUT2D eigenvalue weighted by Crippen LogP contribution is 2.53. The Morgan fingerprint density at radius 3 is 2.25 bits per heavy atom. The van der Waals surface area contributed by atoms with Gasteiger partial charge < -0.3 is 20.6 Å². The van der Waals surface area contributed by atoms with Crippen LogP contribution >= 0.6 is 0 Å². The van der Waals surface area contributed by atoms with Crippen LogP contribution in [0.4, 0.5) is 13.2 Å². The summed E-state index contributed by atoms with van der Waals surface area (Å²) >= 11 is 0. The third-order valence-corrected chi connectivity index (χ3v) is 10.2. The number of nitrogens with zero attached hydrogens (tertiary/aromatic N) is 1. The summed E-state index contributed by atoms with van der Waals surface area (Å²) in [5.41, 5.74) is -0.529. The summed E-state index contributed by atoms with van der Waals surface area (Å²) < 4.78 is 69.1. The van der Waals surface area contributed by atoms with Gasteiger partial charge >= 0.3 is 0 Å². The third-order valence-electron chi connectivity index (χ3n) is 9.39. The van der Waals surface area contributed by atoms with Crippen molar-refractivity contribution in [3.05, 3.63) is 70.9 Å². The lowest BCUT2D eigenvalue weighted by Crippen LogP contribution is -2.70. The number of fused-ring (bicyclic) bond motifs is 6. The molecule has 4 fully saturated rings. The van der Waals surface area contributed by atoms with Gasteiger partial charge in [0.25, 0.3) is 11.8 Å². The molecule has 5 atom stereocenters. The molecule has 3 N–H and O–H groups in total. The SMILES string of the molecule is CS(=O)(=O)/C(F)=C\[C@@H](C[C@@H]1CCNC1=O)NC(=O)[C@H]1[C@H]2CC[C@H](CC2(F)F)N1C(=O)C1(O)c2ccccc2-c2ccccc21. The highest BCUT2D eigenvalue weighted by molar-refractivity contribution is 7.94. The quantitative estimate of drug-likeness (QED) is 0.431. The Kier molecular flexibility index (Phi) is 7.39. The van der Waals surface area contributed by atoms with Crippen LogP contribution in [0.1, 0.15) is 43.2 Å². The summed E-state index contributed by atoms with van der Waals surface area (Å²) in [5.74, 6) is -7.94. The minimum atomic E-state index is -4.31. The zero-order chi connectivity index (χ0) is 31.6. The van der Waals surface area contributed by atoms with Crippen molar-refractivity contribution in [3.8, 4) is 11.1 Å². The van der Waals surface area contributed by atoms with Crippen LogP contribution in [0.2, 0.25) is 0 Å². The zero-order valence-corrected chi connectivity index (χ0v) is 24.6. The van der Waals surface area contributed by atoms with Gasteiger partial charge in [0.1, 0.15) is 6.04 Å². The van der Waals surface area contributed by atoms with Gasteiger partial charge in [-0.05, 0) is 42.9 Å². The molecule has 44 heavy (non-hydrogen) atoms. The average molecular weight is 632 g/mol. The van der Waals surface area contributed by atoms with Gasteiger partial charge in [0.05, 0.1) is 12.0 Å². The number of carbonyl (C=O) groups is 3. The highest BCUT2D eigenvalue weighted by atomic mass is 32.2. The number of aliphatic hydroxyl groups is 1. The summed E-state index contributed by atoms with van der Waals surface area (Å²) in [4.78, 5) is 41.8. The smallest absolute Gasteiger partial charge is 0.264 e. The molecule has 2 aliphatic carbocycles. The van der Waals surface area contributed by atoms with E-state index in [0.717, 1.165) is 4.90 Å². The van der Waals surface area contributed by atoms with Crippen molar-refractivity contribution in [2.24, 2.45) is 11.8 Å². The highest BCUT2D eigenvalue weighted by Gasteiger charge is 2.63. The summed E-state index contributed by atoms with van der Waals surface area (Å²) in [6, 6.07) is 9.27. The Balaban J connectivity index is 1.39. The Morgan fingerprint density at radius 2 is 1.70 bits per heavy atom. The Labute approximate surface area is 252 Å². The Morgan fingerprint density at radius 1 is 1.09 bits per heavy atom. The first-order valence-corrected chi connectivity index (χ1v) is 16.4. The van der Waals surface area contributed by atoms with E-state index < -0.39 is 74.7 Å². The van der Waals surface area contributed by atoms with E-state index in [0.29, 0.717) is 36.4 Å². The maximum absolute atomic E-state index is 15.4. The van der Waals surface area contributed by atoms with E-state index in [1.54, 1.807) is 48.5 Å². The predicted molar refractivity (Wildman–Crippen MR) is 153 cm³/mol. The molecule has 2 bridgehead atoms. The molecule has 13 heteroatoms. The van der Waals surface area contributed by atoms with Crippen LogP contribution in [0.25, 0.3) is 11.1 Å². The second-order valence-electron chi connectivity index (χ2n) is 12.1. The lowest BCUT2D eigenvalue weighted by Gasteiger charge is -2.55. The Hall–Kier alpha value is -3.71. The van der Waals surface area contributed by atoms with Gasteiger partial charge in [0.15, 0.2) is 5.60 Å². The van der Waals surface area contributed by atoms with Crippen LogP contribution in [0.5, 0.6) is 0 Å². The second-order valence-corrected chi connectivity index (χ2v) is 14.1. The fraction of sp³-hybridized carbons (Fsp3) is 0.452. The fourth-order valence-electron chi connectivity index (χ4n) is 7.32. The van der Waals surface area contributed by atoms with Gasteiger partial charge in [-0.15, -0.1) is 0 Å². The maximum atomic E-state index is 15.4. The molecule has 2 aromatic rings. The number of piperidine rings is 2. The van der Waals surface area contributed by atoms with Crippen molar-refractivity contribution in [1.29, 1.82) is 0 Å². The lowest BCUT2D eigenvalue weighted by molar-refractivity contribution is -0.201. The number of halogens is 3. The molecule has 2 aromatic carbocycles. The van der Waals surface area contributed by atoms with Crippen LogP contribution in [0.3, 0.4) is 0 Å². The van der Waals surface area contributed by atoms with E-state index >= 15 is 8.78 Å². The summed E-state index contributed by atoms with van der Waals surface area (Å²) in [6.45, 7) is 0.338. The fourth-order valence-corrected chi connectivity index (χ4v) is 7.73. The summed E-state index contributed by atoms with van der Waals surface area (Å²) in [7, 11) is -4.31. The number of nitrogens with one attached hydrogen (secondary N) is 2. The minimum Gasteiger partial charge on any atom is -0.372 e. The van der Waals surface area contributed by atoms with Gasteiger partial charge in [-0.2, -0.15) is 4.39 Å². The van der Waals surface area contributed by atoms with Crippen molar-refractivity contribution < 1.29 is 41.1 Å². The van der Waals surface area contributed by atoms with Crippen LogP contribution in [-0.4, -0.2) is 73.0 Å². The van der Waals surface area contributed by atoms with Gasteiger partial charge in [-0.3, -0.25) is 14.4 Å². The van der Waals surface area contributed by atoms with E-state index in [2.05, 4.69) is 10.6 Å². The van der Waals surface area contributed by atoms with Crippen molar-refractivity contribution in [2.75, 3.05) is 12.8 Å². The molecule has 0 radical (unpaired) electrons. The monoisotopic (exact) mass is 631 g/mol. The van der Waals surface area contributed by atoms with Gasteiger partial charge in [-0.1, -0.05) is 48.5 Å². The Bertz CT molecular complexity index is 1630. The molecule has 5 aliphatic rings. The molecular formula is C31H32F3N3O6S. The molecule has 234 valence electrons. The number of rotatable bonds is 7. The maximum Gasteiger partial charge on any atom is 0.264 e. The number of alkyl halides is 2. The van der Waals surface area contributed by atoms with Crippen molar-refractivity contribution in [1.82, 2.24) is 15.5 Å². The van der Waals surface area contributed by atoms with Gasteiger partial charge in [-0.25, -0.2) is 17.2 Å². The van der Waals surface area contributed by atoms with Crippen LogP contribution in [0.15, 0.2) is 59.8 Å². The molecular weight excluding hydrogens is 599 g/mol. The first-order valence-electron chi connectivity index (χ1n) is 14.5. The van der Waals surface area contributed by atoms with E-state index in [4.69, 9.17) is 0 Å². The predicted octanol–water partition coefficient (Wildman–Crippen LogP) is 2.78. The van der Waals surface area contributed by atoms with E-state index in [9.17, 15) is 32.3 Å². The molecule has 0 aromatic heterocycles. The van der Waals surface area contributed by atoms with Gasteiger partial charge in [0.2, 0.25) is 26.8 Å². The minimum absolute atomic E-state index is 0.0750. The summed E-state index contributed by atoms with van der Waals surface area (Å²) in [5, 5.41) is 15.8. The number of sulfone groups is 1. The lowest BCUT2D eigenvalue weighted by atomic mass is 9.70. The molecule has 3 saturated heterocycles. The zero-order valence-electron chi connectivity index (χ0n) is 23.8. The van der Waals surface area contributed by atoms with Crippen molar-refractivity contribution >= 4 is 27.6 Å². The molecule has 3 aliphatic heterocycles. The molecule has 0 spiro atoms. The van der Waals surface area contributed by atoms with Crippen LogP contribution in [-0.2, 0) is 29.8 Å². The van der Waals surface area contributed by atoms with Crippen LogP contribution < -0.4 is 10.6 Å². The molecule has 9 nitrogen and oxygen atoms in total. The number of benzene rings is 2. The first-order chi connectivity index (χ1) is 20.7. The molecule has 1 saturated carbocycles. The van der Waals surface area contributed by atoms with Crippen LogP contribution in [0, 0.1) is 11.8 Å². The number of amides is 3.